The average Bonchev–Trinajstić information content (AvgIpc) is 3.01. The van der Waals surface area contributed by atoms with Crippen LogP contribution in [-0.4, -0.2) is 20.6 Å². The zero-order valence-corrected chi connectivity index (χ0v) is 13.5. The fourth-order valence-corrected chi connectivity index (χ4v) is 2.92. The Morgan fingerprint density at radius 1 is 1.08 bits per heavy atom. The number of anilines is 1. The fraction of sp³-hybridized carbons (Fsp3) is 0.158. The van der Waals surface area contributed by atoms with E-state index in [4.69, 9.17) is 0 Å². The van der Waals surface area contributed by atoms with Gasteiger partial charge in [0.2, 0.25) is 0 Å². The Morgan fingerprint density at radius 3 is 2.79 bits per heavy atom. The predicted octanol–water partition coefficient (Wildman–Crippen LogP) is 4.53. The van der Waals surface area contributed by atoms with Gasteiger partial charge in [-0.15, -0.1) is 0 Å². The molecular formula is C19H17FN4. The van der Waals surface area contributed by atoms with Crippen molar-refractivity contribution in [1.82, 2.24) is 14.5 Å². The molecule has 0 spiro atoms. The summed E-state index contributed by atoms with van der Waals surface area (Å²) >= 11 is 0. The molecule has 0 radical (unpaired) electrons. The van der Waals surface area contributed by atoms with Gasteiger partial charge in [0.15, 0.2) is 0 Å². The predicted molar refractivity (Wildman–Crippen MR) is 95.1 cm³/mol. The molecule has 4 nitrogen and oxygen atoms in total. The van der Waals surface area contributed by atoms with Gasteiger partial charge in [-0.05, 0) is 44.2 Å². The van der Waals surface area contributed by atoms with Gasteiger partial charge in [0.25, 0.3) is 0 Å². The van der Waals surface area contributed by atoms with Gasteiger partial charge < -0.3 is 5.32 Å². The molecular weight excluding hydrogens is 303 g/mol. The lowest BCUT2D eigenvalue weighted by molar-refractivity contribution is 0.629. The number of nitrogens with one attached hydrogen (secondary N) is 1. The summed E-state index contributed by atoms with van der Waals surface area (Å²) in [6.45, 7) is 3.98. The Balaban J connectivity index is 1.94. The van der Waals surface area contributed by atoms with E-state index in [1.807, 2.05) is 42.8 Å². The quantitative estimate of drug-likeness (QED) is 0.603. The largest absolute Gasteiger partial charge is 0.380 e. The van der Waals surface area contributed by atoms with E-state index in [0.717, 1.165) is 27.5 Å². The average molecular weight is 320 g/mol. The third kappa shape index (κ3) is 2.38. The highest BCUT2D eigenvalue weighted by Crippen LogP contribution is 2.29. The summed E-state index contributed by atoms with van der Waals surface area (Å²) < 4.78 is 16.3. The minimum Gasteiger partial charge on any atom is -0.380 e. The molecule has 1 N–H and O–H groups in total. The van der Waals surface area contributed by atoms with Crippen molar-refractivity contribution in [3.8, 4) is 5.82 Å². The van der Waals surface area contributed by atoms with Crippen LogP contribution in [0.2, 0.25) is 0 Å². The molecule has 0 saturated heterocycles. The SMILES string of the molecule is CC(C)Nc1c(F)ccc2cnc(-n3ccc4ccncc43)cc12. The van der Waals surface area contributed by atoms with E-state index in [-0.39, 0.29) is 11.9 Å². The van der Waals surface area contributed by atoms with E-state index < -0.39 is 0 Å². The van der Waals surface area contributed by atoms with Crippen LogP contribution in [0.1, 0.15) is 13.8 Å². The van der Waals surface area contributed by atoms with Gasteiger partial charge in [0, 0.05) is 40.8 Å². The van der Waals surface area contributed by atoms with Crippen molar-refractivity contribution in [1.29, 1.82) is 0 Å². The normalized spacial score (nSPS) is 11.5. The Labute approximate surface area is 139 Å². The zero-order valence-electron chi connectivity index (χ0n) is 13.5. The number of fused-ring (bicyclic) bond motifs is 2. The van der Waals surface area contributed by atoms with E-state index in [9.17, 15) is 4.39 Å². The molecule has 0 aliphatic rings. The maximum Gasteiger partial charge on any atom is 0.146 e. The summed E-state index contributed by atoms with van der Waals surface area (Å²) in [5.41, 5.74) is 1.49. The second kappa shape index (κ2) is 5.60. The van der Waals surface area contributed by atoms with Crippen LogP contribution >= 0.6 is 0 Å². The molecule has 24 heavy (non-hydrogen) atoms. The Kier molecular flexibility index (Phi) is 3.41. The molecule has 5 heteroatoms. The van der Waals surface area contributed by atoms with Crippen molar-refractivity contribution in [2.24, 2.45) is 0 Å². The van der Waals surface area contributed by atoms with Crippen LogP contribution in [0, 0.1) is 5.82 Å². The molecule has 120 valence electrons. The van der Waals surface area contributed by atoms with Crippen molar-refractivity contribution < 1.29 is 4.39 Å². The fourth-order valence-electron chi connectivity index (χ4n) is 2.92. The van der Waals surface area contributed by atoms with Crippen molar-refractivity contribution >= 4 is 27.4 Å². The number of rotatable bonds is 3. The first kappa shape index (κ1) is 14.6. The van der Waals surface area contributed by atoms with Gasteiger partial charge in [0.1, 0.15) is 11.6 Å². The molecule has 0 bridgehead atoms. The van der Waals surface area contributed by atoms with Crippen LogP contribution in [0.25, 0.3) is 27.5 Å². The molecule has 1 aromatic carbocycles. The maximum atomic E-state index is 14.3. The highest BCUT2D eigenvalue weighted by Gasteiger charge is 2.11. The van der Waals surface area contributed by atoms with Crippen molar-refractivity contribution in [3.63, 3.8) is 0 Å². The summed E-state index contributed by atoms with van der Waals surface area (Å²) in [6, 6.07) is 9.25. The van der Waals surface area contributed by atoms with Gasteiger partial charge in [0.05, 0.1) is 17.4 Å². The minimum atomic E-state index is -0.257. The summed E-state index contributed by atoms with van der Waals surface area (Å²) in [4.78, 5) is 8.72. The lowest BCUT2D eigenvalue weighted by atomic mass is 10.1. The zero-order chi connectivity index (χ0) is 16.7. The van der Waals surface area contributed by atoms with Crippen LogP contribution in [0.15, 0.2) is 55.1 Å². The summed E-state index contributed by atoms with van der Waals surface area (Å²) in [5.74, 6) is 0.482. The van der Waals surface area contributed by atoms with E-state index in [0.29, 0.717) is 5.69 Å². The third-order valence-electron chi connectivity index (χ3n) is 4.01. The topological polar surface area (TPSA) is 42.7 Å². The number of nitrogens with zero attached hydrogens (tertiary/aromatic N) is 3. The second-order valence-corrected chi connectivity index (χ2v) is 6.11. The van der Waals surface area contributed by atoms with Gasteiger partial charge in [-0.25, -0.2) is 9.37 Å². The van der Waals surface area contributed by atoms with Crippen molar-refractivity contribution in [2.45, 2.75) is 19.9 Å². The highest BCUT2D eigenvalue weighted by atomic mass is 19.1. The van der Waals surface area contributed by atoms with Crippen LogP contribution in [0.4, 0.5) is 10.1 Å². The van der Waals surface area contributed by atoms with Crippen LogP contribution in [0.5, 0.6) is 0 Å². The number of aromatic nitrogens is 3. The van der Waals surface area contributed by atoms with Crippen molar-refractivity contribution in [2.75, 3.05) is 5.32 Å². The second-order valence-electron chi connectivity index (χ2n) is 6.11. The first-order valence-corrected chi connectivity index (χ1v) is 7.90. The molecule has 0 saturated carbocycles. The van der Waals surface area contributed by atoms with Gasteiger partial charge >= 0.3 is 0 Å². The molecule has 3 aromatic heterocycles. The smallest absolute Gasteiger partial charge is 0.146 e. The summed E-state index contributed by atoms with van der Waals surface area (Å²) in [6.07, 6.45) is 7.30. The number of hydrogen-bond acceptors (Lipinski definition) is 3. The lowest BCUT2D eigenvalue weighted by Gasteiger charge is -2.15. The molecule has 4 aromatic rings. The minimum absolute atomic E-state index is 0.137. The molecule has 0 aliphatic carbocycles. The molecule has 3 heterocycles. The van der Waals surface area contributed by atoms with E-state index in [2.05, 4.69) is 15.3 Å². The van der Waals surface area contributed by atoms with Crippen molar-refractivity contribution in [3.05, 3.63) is 60.9 Å². The van der Waals surface area contributed by atoms with Gasteiger partial charge in [-0.2, -0.15) is 0 Å². The van der Waals surface area contributed by atoms with Crippen LogP contribution in [-0.2, 0) is 0 Å². The van der Waals surface area contributed by atoms with Crippen LogP contribution < -0.4 is 5.32 Å². The molecule has 0 amide bonds. The molecule has 4 rings (SSSR count). The van der Waals surface area contributed by atoms with Gasteiger partial charge in [-0.1, -0.05) is 0 Å². The monoisotopic (exact) mass is 320 g/mol. The summed E-state index contributed by atoms with van der Waals surface area (Å²) in [5, 5.41) is 6.01. The molecule has 0 fully saturated rings. The Bertz CT molecular complexity index is 1040. The number of hydrogen-bond donors (Lipinski definition) is 1. The number of pyridine rings is 2. The van der Waals surface area contributed by atoms with Crippen LogP contribution in [0.3, 0.4) is 0 Å². The standard InChI is InChI=1S/C19H17FN4/c1-12(2)23-19-15-9-18(22-10-14(15)3-4-16(19)20)24-8-6-13-5-7-21-11-17(13)24/h3-12,23H,1-2H3. The molecule has 0 aliphatic heterocycles. The molecule has 0 unspecified atom stereocenters. The Morgan fingerprint density at radius 2 is 1.96 bits per heavy atom. The summed E-state index contributed by atoms with van der Waals surface area (Å²) in [7, 11) is 0. The number of halogens is 1. The number of benzene rings is 1. The van der Waals surface area contributed by atoms with E-state index >= 15 is 0 Å². The third-order valence-corrected chi connectivity index (χ3v) is 4.01. The van der Waals surface area contributed by atoms with E-state index in [1.165, 1.54) is 6.07 Å². The maximum absolute atomic E-state index is 14.3. The highest BCUT2D eigenvalue weighted by molar-refractivity contribution is 5.95. The Hall–Kier alpha value is -2.95. The molecule has 0 atom stereocenters. The lowest BCUT2D eigenvalue weighted by Crippen LogP contribution is -2.11. The van der Waals surface area contributed by atoms with Gasteiger partial charge in [-0.3, -0.25) is 9.55 Å². The van der Waals surface area contributed by atoms with E-state index in [1.54, 1.807) is 24.7 Å². The first-order chi connectivity index (χ1) is 11.6. The first-order valence-electron chi connectivity index (χ1n) is 7.90.